The number of hydrogen-bond donors (Lipinski definition) is 1. The lowest BCUT2D eigenvalue weighted by molar-refractivity contribution is -0.137. The summed E-state index contributed by atoms with van der Waals surface area (Å²) >= 11 is 0. The van der Waals surface area contributed by atoms with Crippen LogP contribution in [0.15, 0.2) is 0 Å². The van der Waals surface area contributed by atoms with Crippen LogP contribution < -0.4 is 5.32 Å². The number of nitrogens with one attached hydrogen (secondary N) is 1. The Hall–Kier alpha value is -0.650. The highest BCUT2D eigenvalue weighted by Crippen LogP contribution is 2.26. The van der Waals surface area contributed by atoms with Crippen molar-refractivity contribution in [3.63, 3.8) is 0 Å². The van der Waals surface area contributed by atoms with Gasteiger partial charge in [0.15, 0.2) is 0 Å². The van der Waals surface area contributed by atoms with E-state index < -0.39 is 0 Å². The van der Waals surface area contributed by atoms with Crippen LogP contribution in [0.1, 0.15) is 39.0 Å². The first-order valence-corrected chi connectivity index (χ1v) is 8.62. The maximum atomic E-state index is 13.0. The molecule has 2 unspecified atom stereocenters. The molecule has 2 atom stereocenters. The first-order valence-electron chi connectivity index (χ1n) is 8.62. The fourth-order valence-electron chi connectivity index (χ4n) is 4.03. The number of nitrogens with zero attached hydrogens (tertiary/aromatic N) is 2. The number of rotatable bonds is 2. The number of carbonyl (C=O) groups excluding carboxylic acids is 1. The third-order valence-corrected chi connectivity index (χ3v) is 5.12. The van der Waals surface area contributed by atoms with Crippen molar-refractivity contribution in [2.24, 2.45) is 0 Å². The van der Waals surface area contributed by atoms with E-state index in [0.717, 1.165) is 52.2 Å². The monoisotopic (exact) mass is 295 g/mol. The zero-order valence-corrected chi connectivity index (χ0v) is 13.2. The standard InChI is InChI=1S/C16H29N3O2/c1-13-12-18(9-3-11-21-13)16(20)15-4-2-10-19(15)14-5-7-17-8-6-14/h13-15,17H,2-12H2,1H3. The van der Waals surface area contributed by atoms with Gasteiger partial charge >= 0.3 is 0 Å². The fraction of sp³-hybridized carbons (Fsp3) is 0.938. The fourth-order valence-corrected chi connectivity index (χ4v) is 4.03. The Balaban J connectivity index is 1.64. The number of ether oxygens (including phenoxy) is 1. The van der Waals surface area contributed by atoms with Crippen molar-refractivity contribution in [1.82, 2.24) is 15.1 Å². The summed E-state index contributed by atoms with van der Waals surface area (Å²) < 4.78 is 5.67. The molecule has 0 aromatic rings. The minimum absolute atomic E-state index is 0.124. The predicted octanol–water partition coefficient (Wildman–Crippen LogP) is 0.840. The number of carbonyl (C=O) groups is 1. The summed E-state index contributed by atoms with van der Waals surface area (Å²) in [7, 11) is 0. The first kappa shape index (κ1) is 15.3. The lowest BCUT2D eigenvalue weighted by Crippen LogP contribution is -2.52. The SMILES string of the molecule is CC1CN(C(=O)C2CCCN2C2CCNCC2)CCCO1. The van der Waals surface area contributed by atoms with Crippen molar-refractivity contribution in [3.8, 4) is 0 Å². The van der Waals surface area contributed by atoms with Gasteiger partial charge in [0, 0.05) is 25.7 Å². The third kappa shape index (κ3) is 3.58. The molecule has 1 N–H and O–H groups in total. The highest BCUT2D eigenvalue weighted by molar-refractivity contribution is 5.82. The highest BCUT2D eigenvalue weighted by atomic mass is 16.5. The molecular weight excluding hydrogens is 266 g/mol. The number of amides is 1. The predicted molar refractivity (Wildman–Crippen MR) is 82.2 cm³/mol. The van der Waals surface area contributed by atoms with Gasteiger partial charge in [-0.2, -0.15) is 0 Å². The molecule has 21 heavy (non-hydrogen) atoms. The molecule has 0 aromatic heterocycles. The van der Waals surface area contributed by atoms with E-state index in [-0.39, 0.29) is 12.1 Å². The van der Waals surface area contributed by atoms with Gasteiger partial charge in [-0.15, -0.1) is 0 Å². The molecule has 3 rings (SSSR count). The molecule has 3 aliphatic heterocycles. The van der Waals surface area contributed by atoms with E-state index in [1.165, 1.54) is 19.3 Å². The molecule has 0 bridgehead atoms. The van der Waals surface area contributed by atoms with Gasteiger partial charge in [0.1, 0.15) is 0 Å². The molecule has 120 valence electrons. The van der Waals surface area contributed by atoms with Gasteiger partial charge in [-0.05, 0) is 58.7 Å². The summed E-state index contributed by atoms with van der Waals surface area (Å²) in [5.74, 6) is 0.350. The van der Waals surface area contributed by atoms with E-state index in [9.17, 15) is 4.79 Å². The summed E-state index contributed by atoms with van der Waals surface area (Å²) in [6.45, 7) is 7.77. The Morgan fingerprint density at radius 1 is 1.14 bits per heavy atom. The molecule has 1 amide bonds. The molecule has 0 spiro atoms. The molecule has 5 heteroatoms. The van der Waals surface area contributed by atoms with Gasteiger partial charge in [0.2, 0.25) is 5.91 Å². The maximum Gasteiger partial charge on any atom is 0.240 e. The van der Waals surface area contributed by atoms with E-state index in [1.54, 1.807) is 0 Å². The number of hydrogen-bond acceptors (Lipinski definition) is 4. The van der Waals surface area contributed by atoms with E-state index in [2.05, 4.69) is 22.0 Å². The average Bonchev–Trinajstić information content (AvgIpc) is 2.90. The maximum absolute atomic E-state index is 13.0. The molecule has 3 aliphatic rings. The van der Waals surface area contributed by atoms with Crippen molar-refractivity contribution in [1.29, 1.82) is 0 Å². The minimum Gasteiger partial charge on any atom is -0.377 e. The summed E-state index contributed by atoms with van der Waals surface area (Å²) in [6.07, 6.45) is 5.71. The van der Waals surface area contributed by atoms with Crippen molar-refractivity contribution >= 4 is 5.91 Å². The van der Waals surface area contributed by atoms with Crippen molar-refractivity contribution in [2.75, 3.05) is 39.3 Å². The van der Waals surface area contributed by atoms with Crippen LogP contribution in [-0.2, 0) is 9.53 Å². The molecule has 0 aliphatic carbocycles. The Morgan fingerprint density at radius 3 is 2.76 bits per heavy atom. The molecule has 3 fully saturated rings. The molecule has 0 radical (unpaired) electrons. The van der Waals surface area contributed by atoms with Crippen LogP contribution in [0, 0.1) is 0 Å². The molecule has 0 saturated carbocycles. The van der Waals surface area contributed by atoms with Crippen molar-refractivity contribution in [3.05, 3.63) is 0 Å². The summed E-state index contributed by atoms with van der Waals surface area (Å²) in [5.41, 5.74) is 0. The average molecular weight is 295 g/mol. The highest BCUT2D eigenvalue weighted by Gasteiger charge is 2.38. The second-order valence-corrected chi connectivity index (χ2v) is 6.70. The quantitative estimate of drug-likeness (QED) is 0.820. The largest absolute Gasteiger partial charge is 0.377 e. The van der Waals surface area contributed by atoms with Gasteiger partial charge in [0.05, 0.1) is 12.1 Å². The van der Waals surface area contributed by atoms with Gasteiger partial charge in [-0.3, -0.25) is 9.69 Å². The molecule has 5 nitrogen and oxygen atoms in total. The van der Waals surface area contributed by atoms with Gasteiger partial charge < -0.3 is 15.0 Å². The van der Waals surface area contributed by atoms with E-state index in [1.807, 2.05) is 0 Å². The van der Waals surface area contributed by atoms with Gasteiger partial charge in [-0.1, -0.05) is 0 Å². The van der Waals surface area contributed by atoms with Crippen LogP contribution in [0.2, 0.25) is 0 Å². The van der Waals surface area contributed by atoms with Crippen LogP contribution in [0.5, 0.6) is 0 Å². The summed E-state index contributed by atoms with van der Waals surface area (Å²) in [5, 5.41) is 3.42. The lowest BCUT2D eigenvalue weighted by Gasteiger charge is -2.37. The Kier molecular flexibility index (Phi) is 5.14. The molecule has 0 aromatic carbocycles. The lowest BCUT2D eigenvalue weighted by atomic mass is 10.0. The number of likely N-dealkylation sites (tertiary alicyclic amines) is 1. The van der Waals surface area contributed by atoms with Crippen LogP contribution in [0.4, 0.5) is 0 Å². The Morgan fingerprint density at radius 2 is 1.95 bits per heavy atom. The second kappa shape index (κ2) is 7.07. The third-order valence-electron chi connectivity index (χ3n) is 5.12. The summed E-state index contributed by atoms with van der Waals surface area (Å²) in [6, 6.07) is 0.724. The summed E-state index contributed by atoms with van der Waals surface area (Å²) in [4.78, 5) is 17.5. The van der Waals surface area contributed by atoms with Crippen LogP contribution in [-0.4, -0.2) is 73.2 Å². The van der Waals surface area contributed by atoms with E-state index in [0.29, 0.717) is 11.9 Å². The molecular formula is C16H29N3O2. The molecule has 3 heterocycles. The normalized spacial score (nSPS) is 33.1. The van der Waals surface area contributed by atoms with E-state index in [4.69, 9.17) is 4.74 Å². The minimum atomic E-state index is 0.124. The van der Waals surface area contributed by atoms with Crippen molar-refractivity contribution < 1.29 is 9.53 Å². The van der Waals surface area contributed by atoms with Crippen LogP contribution >= 0.6 is 0 Å². The van der Waals surface area contributed by atoms with E-state index >= 15 is 0 Å². The zero-order chi connectivity index (χ0) is 14.7. The van der Waals surface area contributed by atoms with Crippen molar-refractivity contribution in [2.45, 2.75) is 57.2 Å². The first-order chi connectivity index (χ1) is 10.3. The van der Waals surface area contributed by atoms with Crippen LogP contribution in [0.3, 0.4) is 0 Å². The topological polar surface area (TPSA) is 44.8 Å². The molecule has 3 saturated heterocycles. The van der Waals surface area contributed by atoms with Crippen LogP contribution in [0.25, 0.3) is 0 Å². The zero-order valence-electron chi connectivity index (χ0n) is 13.2. The van der Waals surface area contributed by atoms with Gasteiger partial charge in [-0.25, -0.2) is 0 Å². The Labute approximate surface area is 128 Å². The number of piperidine rings is 1. The smallest absolute Gasteiger partial charge is 0.240 e. The Bertz CT molecular complexity index is 357. The second-order valence-electron chi connectivity index (χ2n) is 6.70. The van der Waals surface area contributed by atoms with Gasteiger partial charge in [0.25, 0.3) is 0 Å².